The summed E-state index contributed by atoms with van der Waals surface area (Å²) >= 11 is 0. The summed E-state index contributed by atoms with van der Waals surface area (Å²) in [5.41, 5.74) is 0.687. The van der Waals surface area contributed by atoms with Crippen LogP contribution in [0, 0.1) is 0 Å². The SMILES string of the molecule is CCC(C(=O)O)N(C)C(=O)N1CCCOc2ccccc21. The Kier molecular flexibility index (Phi) is 4.67. The molecule has 0 aliphatic carbocycles. The number of carboxylic acid groups (broad SMARTS) is 1. The molecule has 2 amide bonds. The number of likely N-dealkylation sites (N-methyl/N-ethyl adjacent to an activating group) is 1. The number of ether oxygens (including phenoxy) is 1. The van der Waals surface area contributed by atoms with E-state index in [1.807, 2.05) is 24.3 Å². The van der Waals surface area contributed by atoms with Crippen LogP contribution >= 0.6 is 0 Å². The number of fused-ring (bicyclic) bond motifs is 1. The van der Waals surface area contributed by atoms with Crippen LogP contribution in [0.15, 0.2) is 24.3 Å². The Bertz CT molecular complexity index is 532. The molecule has 2 rings (SSSR count). The van der Waals surface area contributed by atoms with Crippen LogP contribution in [0.5, 0.6) is 5.75 Å². The Morgan fingerprint density at radius 3 is 2.81 bits per heavy atom. The van der Waals surface area contributed by atoms with E-state index in [0.717, 1.165) is 0 Å². The molecular formula is C15H20N2O4. The molecule has 1 aromatic rings. The monoisotopic (exact) mass is 292 g/mol. The first-order valence-electron chi connectivity index (χ1n) is 7.05. The molecule has 1 aliphatic rings. The number of amides is 2. The fraction of sp³-hybridized carbons (Fsp3) is 0.467. The van der Waals surface area contributed by atoms with Crippen molar-refractivity contribution in [3.8, 4) is 5.75 Å². The molecule has 1 aliphatic heterocycles. The zero-order valence-corrected chi connectivity index (χ0v) is 12.3. The molecule has 1 heterocycles. The minimum Gasteiger partial charge on any atom is -0.491 e. The van der Waals surface area contributed by atoms with E-state index in [4.69, 9.17) is 4.74 Å². The number of hydrogen-bond acceptors (Lipinski definition) is 3. The van der Waals surface area contributed by atoms with Crippen LogP contribution in [0.1, 0.15) is 19.8 Å². The summed E-state index contributed by atoms with van der Waals surface area (Å²) in [6, 6.07) is 6.17. The number of urea groups is 1. The Labute approximate surface area is 123 Å². The first kappa shape index (κ1) is 15.2. The van der Waals surface area contributed by atoms with Gasteiger partial charge in [-0.25, -0.2) is 9.59 Å². The molecule has 21 heavy (non-hydrogen) atoms. The number of anilines is 1. The van der Waals surface area contributed by atoms with Crippen molar-refractivity contribution in [3.05, 3.63) is 24.3 Å². The maximum atomic E-state index is 12.7. The molecule has 0 radical (unpaired) electrons. The Morgan fingerprint density at radius 1 is 1.43 bits per heavy atom. The van der Waals surface area contributed by atoms with E-state index in [1.54, 1.807) is 11.8 Å². The van der Waals surface area contributed by atoms with E-state index in [2.05, 4.69) is 0 Å². The highest BCUT2D eigenvalue weighted by Crippen LogP contribution is 2.31. The summed E-state index contributed by atoms with van der Waals surface area (Å²) < 4.78 is 5.61. The van der Waals surface area contributed by atoms with Gasteiger partial charge in [0.25, 0.3) is 0 Å². The summed E-state index contributed by atoms with van der Waals surface area (Å²) in [5, 5.41) is 9.20. The number of aliphatic carboxylic acids is 1. The van der Waals surface area contributed by atoms with Crippen molar-refractivity contribution in [2.45, 2.75) is 25.8 Å². The molecule has 0 spiro atoms. The molecule has 114 valence electrons. The normalized spacial score (nSPS) is 15.4. The van der Waals surface area contributed by atoms with Crippen molar-refractivity contribution in [1.29, 1.82) is 0 Å². The zero-order chi connectivity index (χ0) is 15.4. The van der Waals surface area contributed by atoms with E-state index >= 15 is 0 Å². The number of carboxylic acids is 1. The lowest BCUT2D eigenvalue weighted by atomic mass is 10.2. The minimum atomic E-state index is -0.993. The number of hydrogen-bond donors (Lipinski definition) is 1. The van der Waals surface area contributed by atoms with Crippen molar-refractivity contribution in [3.63, 3.8) is 0 Å². The molecule has 1 N–H and O–H groups in total. The topological polar surface area (TPSA) is 70.1 Å². The molecule has 0 saturated heterocycles. The van der Waals surface area contributed by atoms with Gasteiger partial charge >= 0.3 is 12.0 Å². The highest BCUT2D eigenvalue weighted by atomic mass is 16.5. The summed E-state index contributed by atoms with van der Waals surface area (Å²) in [5.74, 6) is -0.340. The Hall–Kier alpha value is -2.24. The second kappa shape index (κ2) is 6.47. The molecule has 0 fully saturated rings. The smallest absolute Gasteiger partial charge is 0.326 e. The predicted octanol–water partition coefficient (Wildman–Crippen LogP) is 2.19. The molecule has 0 bridgehead atoms. The second-order valence-electron chi connectivity index (χ2n) is 4.98. The number of carbonyl (C=O) groups excluding carboxylic acids is 1. The average Bonchev–Trinajstić information content (AvgIpc) is 2.69. The van der Waals surface area contributed by atoms with Crippen molar-refractivity contribution in [2.75, 3.05) is 25.1 Å². The summed E-state index contributed by atoms with van der Waals surface area (Å²) in [4.78, 5) is 26.8. The molecular weight excluding hydrogens is 272 g/mol. The average molecular weight is 292 g/mol. The van der Waals surface area contributed by atoms with Crippen molar-refractivity contribution in [1.82, 2.24) is 4.90 Å². The van der Waals surface area contributed by atoms with Gasteiger partial charge in [0.15, 0.2) is 0 Å². The molecule has 1 atom stereocenters. The maximum Gasteiger partial charge on any atom is 0.326 e. The standard InChI is InChI=1S/C15H20N2O4/c1-3-11(14(18)19)16(2)15(20)17-9-6-10-21-13-8-5-4-7-12(13)17/h4-5,7-8,11H,3,6,9-10H2,1-2H3,(H,18,19). The van der Waals surface area contributed by atoms with Crippen LogP contribution < -0.4 is 9.64 Å². The van der Waals surface area contributed by atoms with E-state index in [1.165, 1.54) is 11.9 Å². The fourth-order valence-corrected chi connectivity index (χ4v) is 2.46. The molecule has 1 unspecified atom stereocenters. The van der Waals surface area contributed by atoms with Crippen molar-refractivity contribution in [2.24, 2.45) is 0 Å². The lowest BCUT2D eigenvalue weighted by Crippen LogP contribution is -2.49. The van der Waals surface area contributed by atoms with Gasteiger partial charge in [-0.3, -0.25) is 4.90 Å². The molecule has 6 nitrogen and oxygen atoms in total. The number of nitrogens with zero attached hydrogens (tertiary/aromatic N) is 2. The lowest BCUT2D eigenvalue weighted by Gasteiger charge is -2.30. The van der Waals surface area contributed by atoms with Gasteiger partial charge in [0, 0.05) is 13.6 Å². The predicted molar refractivity (Wildman–Crippen MR) is 78.8 cm³/mol. The highest BCUT2D eigenvalue weighted by molar-refractivity contribution is 5.95. The van der Waals surface area contributed by atoms with E-state index in [0.29, 0.717) is 37.4 Å². The van der Waals surface area contributed by atoms with Crippen molar-refractivity contribution < 1.29 is 19.4 Å². The zero-order valence-electron chi connectivity index (χ0n) is 12.3. The maximum absolute atomic E-state index is 12.7. The Morgan fingerprint density at radius 2 is 2.14 bits per heavy atom. The van der Waals surface area contributed by atoms with Gasteiger partial charge < -0.3 is 14.7 Å². The third-order valence-electron chi connectivity index (χ3n) is 3.61. The van der Waals surface area contributed by atoms with Crippen LogP contribution in [0.3, 0.4) is 0 Å². The van der Waals surface area contributed by atoms with Crippen LogP contribution in [-0.4, -0.2) is 48.2 Å². The van der Waals surface area contributed by atoms with Gasteiger partial charge in [-0.1, -0.05) is 19.1 Å². The summed E-state index contributed by atoms with van der Waals surface area (Å²) in [6.45, 7) is 2.80. The number of benzene rings is 1. The Balaban J connectivity index is 2.28. The third kappa shape index (κ3) is 3.09. The van der Waals surface area contributed by atoms with Crippen LogP contribution in [0.25, 0.3) is 0 Å². The third-order valence-corrected chi connectivity index (χ3v) is 3.61. The molecule has 0 aromatic heterocycles. The minimum absolute atomic E-state index is 0.317. The molecule has 0 saturated carbocycles. The summed E-state index contributed by atoms with van der Waals surface area (Å²) in [7, 11) is 1.53. The van der Waals surface area contributed by atoms with E-state index in [-0.39, 0.29) is 6.03 Å². The van der Waals surface area contributed by atoms with Crippen LogP contribution in [0.4, 0.5) is 10.5 Å². The summed E-state index contributed by atoms with van der Waals surface area (Å²) in [6.07, 6.45) is 1.07. The quantitative estimate of drug-likeness (QED) is 0.927. The van der Waals surface area contributed by atoms with Gasteiger partial charge in [0.05, 0.1) is 12.3 Å². The lowest BCUT2D eigenvalue weighted by molar-refractivity contribution is -0.141. The number of carbonyl (C=O) groups is 2. The fourth-order valence-electron chi connectivity index (χ4n) is 2.46. The van der Waals surface area contributed by atoms with Gasteiger partial charge in [-0.05, 0) is 25.0 Å². The van der Waals surface area contributed by atoms with Crippen LogP contribution in [0.2, 0.25) is 0 Å². The van der Waals surface area contributed by atoms with E-state index in [9.17, 15) is 14.7 Å². The van der Waals surface area contributed by atoms with Gasteiger partial charge in [-0.15, -0.1) is 0 Å². The molecule has 1 aromatic carbocycles. The first-order chi connectivity index (χ1) is 10.1. The van der Waals surface area contributed by atoms with Crippen LogP contribution in [-0.2, 0) is 4.79 Å². The van der Waals surface area contributed by atoms with Crippen molar-refractivity contribution >= 4 is 17.7 Å². The van der Waals surface area contributed by atoms with Gasteiger partial charge in [0.1, 0.15) is 11.8 Å². The van der Waals surface area contributed by atoms with E-state index < -0.39 is 12.0 Å². The molecule has 6 heteroatoms. The van der Waals surface area contributed by atoms with Gasteiger partial charge in [-0.2, -0.15) is 0 Å². The number of para-hydroxylation sites is 2. The highest BCUT2D eigenvalue weighted by Gasteiger charge is 2.30. The van der Waals surface area contributed by atoms with Gasteiger partial charge in [0.2, 0.25) is 0 Å². The first-order valence-corrected chi connectivity index (χ1v) is 7.05. The number of rotatable bonds is 3. The second-order valence-corrected chi connectivity index (χ2v) is 4.98. The largest absolute Gasteiger partial charge is 0.491 e.